The van der Waals surface area contributed by atoms with E-state index >= 15 is 0 Å². The molecule has 0 atom stereocenters. The maximum absolute atomic E-state index is 14.2. The predicted octanol–water partition coefficient (Wildman–Crippen LogP) is 10.1. The monoisotopic (exact) mass is 962 g/mol. The second-order valence-electron chi connectivity index (χ2n) is 14.7. The maximum atomic E-state index is 14.2. The van der Waals surface area contributed by atoms with Crippen LogP contribution in [0.2, 0.25) is 0 Å². The Hall–Kier alpha value is -8.35. The lowest BCUT2D eigenvalue weighted by molar-refractivity contribution is -0.167. The van der Waals surface area contributed by atoms with Crippen LogP contribution < -0.4 is 16.4 Å². The standard InChI is InChI=1S/C24H15F4N3O.C23H14F7N5O2/c25-19-10-4-2-6-15(19)12-13-31-22(17-8-3-1-7-16(17)14-29)30-20-11-5-9-18(24(26,27)28)21(20)23(31)32;24-13-5-2-1-4-12(13)8-11-35-19(17-15(6-3-9-31-17)34-21(37)23(28,29)30)33-14-7-10-32-18(22(25,26)27)16(14)20(35)36/h1-11H,12-13H2;1-7,9-10H,8,11H2,(H,34,37). The summed E-state index contributed by atoms with van der Waals surface area (Å²) < 4.78 is 150. The summed E-state index contributed by atoms with van der Waals surface area (Å²) in [5, 5.41) is 9.66. The molecule has 8 aromatic rings. The molecule has 8 rings (SSSR count). The largest absolute Gasteiger partial charge is 0.471 e. The number of halogens is 11. The van der Waals surface area contributed by atoms with E-state index in [4.69, 9.17) is 0 Å². The lowest BCUT2D eigenvalue weighted by Gasteiger charge is -2.17. The zero-order chi connectivity index (χ0) is 49.8. The number of nitriles is 1. The number of rotatable bonds is 9. The third-order valence-corrected chi connectivity index (χ3v) is 10.4. The van der Waals surface area contributed by atoms with Crippen molar-refractivity contribution in [3.8, 4) is 29.0 Å². The van der Waals surface area contributed by atoms with Crippen molar-refractivity contribution in [1.82, 2.24) is 29.1 Å². The van der Waals surface area contributed by atoms with Gasteiger partial charge in [-0.1, -0.05) is 54.6 Å². The van der Waals surface area contributed by atoms with Gasteiger partial charge in [-0.25, -0.2) is 18.7 Å². The minimum absolute atomic E-state index is 0.0512. The lowest BCUT2D eigenvalue weighted by atomic mass is 10.1. The second-order valence-corrected chi connectivity index (χ2v) is 14.7. The maximum Gasteiger partial charge on any atom is 0.471 e. The van der Waals surface area contributed by atoms with Gasteiger partial charge in [0.1, 0.15) is 23.2 Å². The number of alkyl halides is 9. The van der Waals surface area contributed by atoms with Crippen molar-refractivity contribution in [3.05, 3.63) is 182 Å². The number of anilines is 1. The molecule has 0 aliphatic carbocycles. The zero-order valence-corrected chi connectivity index (χ0v) is 34.9. The highest BCUT2D eigenvalue weighted by atomic mass is 19.4. The van der Waals surface area contributed by atoms with Crippen molar-refractivity contribution in [2.75, 3.05) is 5.32 Å². The Balaban J connectivity index is 0.000000206. The molecule has 1 amide bonds. The smallest absolute Gasteiger partial charge is 0.316 e. The third-order valence-electron chi connectivity index (χ3n) is 10.4. The number of hydrogen-bond donors (Lipinski definition) is 1. The summed E-state index contributed by atoms with van der Waals surface area (Å²) in [5.41, 5.74) is -5.29. The van der Waals surface area contributed by atoms with Crippen LogP contribution in [0.4, 0.5) is 54.0 Å². The molecular formula is C47H29F11N8O3. The van der Waals surface area contributed by atoms with Crippen LogP contribution in [0.15, 0.2) is 131 Å². The van der Waals surface area contributed by atoms with Gasteiger partial charge in [-0.15, -0.1) is 0 Å². The van der Waals surface area contributed by atoms with Gasteiger partial charge in [0.25, 0.3) is 11.1 Å². The van der Waals surface area contributed by atoms with Crippen molar-refractivity contribution in [2.45, 2.75) is 44.5 Å². The molecule has 0 saturated carbocycles. The zero-order valence-electron chi connectivity index (χ0n) is 34.9. The van der Waals surface area contributed by atoms with Gasteiger partial charge in [0.2, 0.25) is 0 Å². The molecule has 0 unspecified atom stereocenters. The molecule has 0 aliphatic rings. The Labute approximate surface area is 380 Å². The summed E-state index contributed by atoms with van der Waals surface area (Å²) in [5.74, 6) is -3.85. The number of amides is 1. The summed E-state index contributed by atoms with van der Waals surface area (Å²) in [7, 11) is 0. The normalized spacial score (nSPS) is 11.8. The number of nitrogens with one attached hydrogen (secondary N) is 1. The Morgan fingerprint density at radius 2 is 1.17 bits per heavy atom. The SMILES string of the molecule is N#Cc1ccccc1-c1nc2cccc(C(F)(F)F)c2c(=O)n1CCc1ccccc1F.O=C(Nc1cccnc1-c1nc2ccnc(C(F)(F)F)c2c(=O)n1CCc1ccccc1F)C(F)(F)F. The minimum Gasteiger partial charge on any atom is -0.316 e. The van der Waals surface area contributed by atoms with Crippen molar-refractivity contribution < 1.29 is 53.1 Å². The predicted molar refractivity (Wildman–Crippen MR) is 228 cm³/mol. The fraction of sp³-hybridized carbons (Fsp3) is 0.149. The first kappa shape index (κ1) is 48.6. The summed E-state index contributed by atoms with van der Waals surface area (Å²) in [6, 6.07) is 26.4. The van der Waals surface area contributed by atoms with Gasteiger partial charge in [-0.05, 0) is 78.6 Å². The Morgan fingerprint density at radius 3 is 1.77 bits per heavy atom. The van der Waals surface area contributed by atoms with E-state index in [9.17, 15) is 67.9 Å². The van der Waals surface area contributed by atoms with E-state index in [1.54, 1.807) is 35.6 Å². The van der Waals surface area contributed by atoms with Crippen LogP contribution in [0.3, 0.4) is 0 Å². The molecule has 1 N–H and O–H groups in total. The van der Waals surface area contributed by atoms with E-state index in [1.165, 1.54) is 54.6 Å². The molecule has 4 aromatic heterocycles. The van der Waals surface area contributed by atoms with Gasteiger partial charge in [0.15, 0.2) is 11.5 Å². The van der Waals surface area contributed by atoms with Gasteiger partial charge < -0.3 is 5.32 Å². The van der Waals surface area contributed by atoms with Crippen LogP contribution in [0.1, 0.15) is 27.9 Å². The molecule has 4 heterocycles. The van der Waals surface area contributed by atoms with Crippen molar-refractivity contribution in [1.29, 1.82) is 5.26 Å². The summed E-state index contributed by atoms with van der Waals surface area (Å²) >= 11 is 0. The average Bonchev–Trinajstić information content (AvgIpc) is 3.31. The number of aromatic nitrogens is 6. The highest BCUT2D eigenvalue weighted by Crippen LogP contribution is 2.35. The molecule has 69 heavy (non-hydrogen) atoms. The van der Waals surface area contributed by atoms with Crippen molar-refractivity contribution in [2.24, 2.45) is 0 Å². The second kappa shape index (κ2) is 19.5. The number of hydrogen-bond acceptors (Lipinski definition) is 8. The van der Waals surface area contributed by atoms with Crippen LogP contribution in [0.25, 0.3) is 44.7 Å². The van der Waals surface area contributed by atoms with Gasteiger partial charge in [0.05, 0.1) is 44.7 Å². The molecule has 0 aliphatic heterocycles. The number of nitrogens with zero attached hydrogens (tertiary/aromatic N) is 7. The number of carbonyl (C=O) groups excluding carboxylic acids is 1. The number of pyridine rings is 2. The van der Waals surface area contributed by atoms with Gasteiger partial charge >= 0.3 is 24.4 Å². The average molecular weight is 963 g/mol. The highest BCUT2D eigenvalue weighted by molar-refractivity contribution is 5.97. The Kier molecular flexibility index (Phi) is 13.7. The summed E-state index contributed by atoms with van der Waals surface area (Å²) in [6.07, 6.45) is -13.3. The minimum atomic E-state index is -5.26. The quantitative estimate of drug-likeness (QED) is 0.141. The third kappa shape index (κ3) is 10.5. The number of carbonyl (C=O) groups is 1. The van der Waals surface area contributed by atoms with Crippen LogP contribution in [0, 0.1) is 23.0 Å². The molecular weight excluding hydrogens is 934 g/mol. The molecule has 0 fully saturated rings. The molecule has 11 nitrogen and oxygen atoms in total. The first-order chi connectivity index (χ1) is 32.7. The Bertz CT molecular complexity index is 3420. The molecule has 352 valence electrons. The highest BCUT2D eigenvalue weighted by Gasteiger charge is 2.40. The molecule has 0 saturated heterocycles. The van der Waals surface area contributed by atoms with Crippen LogP contribution in [-0.4, -0.2) is 41.2 Å². The Morgan fingerprint density at radius 1 is 0.609 bits per heavy atom. The van der Waals surface area contributed by atoms with Crippen LogP contribution in [-0.2, 0) is 43.1 Å². The fourth-order valence-electron chi connectivity index (χ4n) is 7.20. The summed E-state index contributed by atoms with van der Waals surface area (Å²) in [6.45, 7) is -0.544. The van der Waals surface area contributed by atoms with E-state index in [2.05, 4.69) is 19.9 Å². The first-order valence-corrected chi connectivity index (χ1v) is 20.1. The topological polar surface area (TPSA) is 148 Å². The number of fused-ring (bicyclic) bond motifs is 2. The fourth-order valence-corrected chi connectivity index (χ4v) is 7.20. The van der Waals surface area contributed by atoms with Gasteiger partial charge in [-0.2, -0.15) is 44.8 Å². The van der Waals surface area contributed by atoms with E-state index < -0.39 is 98.5 Å². The van der Waals surface area contributed by atoms with E-state index in [0.717, 1.165) is 45.8 Å². The van der Waals surface area contributed by atoms with E-state index in [0.29, 0.717) is 11.1 Å². The van der Waals surface area contributed by atoms with Crippen molar-refractivity contribution in [3.63, 3.8) is 0 Å². The van der Waals surface area contributed by atoms with Crippen LogP contribution >= 0.6 is 0 Å². The number of benzene rings is 4. The van der Waals surface area contributed by atoms with Crippen LogP contribution in [0.5, 0.6) is 0 Å². The molecule has 4 aromatic carbocycles. The molecule has 0 bridgehead atoms. The van der Waals surface area contributed by atoms with Crippen molar-refractivity contribution >= 4 is 33.4 Å². The number of aryl methyl sites for hydroxylation is 2. The van der Waals surface area contributed by atoms with E-state index in [-0.39, 0.29) is 41.9 Å². The molecule has 0 radical (unpaired) electrons. The first-order valence-electron chi connectivity index (χ1n) is 20.1. The summed E-state index contributed by atoms with van der Waals surface area (Å²) in [4.78, 5) is 53.9. The van der Waals surface area contributed by atoms with Gasteiger partial charge in [-0.3, -0.25) is 33.5 Å². The molecule has 22 heteroatoms. The van der Waals surface area contributed by atoms with E-state index in [1.807, 2.05) is 6.07 Å². The molecule has 0 spiro atoms. The van der Waals surface area contributed by atoms with Gasteiger partial charge in [0, 0.05) is 31.0 Å². The lowest BCUT2D eigenvalue weighted by Crippen LogP contribution is -2.31.